The number of halogens is 1. The fourth-order valence-corrected chi connectivity index (χ4v) is 1.72. The van der Waals surface area contributed by atoms with Crippen LogP contribution in [-0.2, 0) is 6.54 Å². The zero-order valence-electron chi connectivity index (χ0n) is 9.17. The molecular formula is C10H13BrN6. The summed E-state index contributed by atoms with van der Waals surface area (Å²) in [7, 11) is 0. The lowest BCUT2D eigenvalue weighted by Crippen LogP contribution is -2.09. The molecule has 0 saturated heterocycles. The SMILES string of the molecule is Nc1ncc(Br)c(NCCCn2cccn2)n1. The molecule has 0 radical (unpaired) electrons. The average Bonchev–Trinajstić information content (AvgIpc) is 2.82. The predicted octanol–water partition coefficient (Wildman–Crippen LogP) is 1.52. The van der Waals surface area contributed by atoms with Gasteiger partial charge in [-0.05, 0) is 28.4 Å². The van der Waals surface area contributed by atoms with Crippen LogP contribution < -0.4 is 11.1 Å². The minimum Gasteiger partial charge on any atom is -0.369 e. The van der Waals surface area contributed by atoms with E-state index in [1.165, 1.54) is 0 Å². The normalized spacial score (nSPS) is 10.4. The number of nitrogens with zero attached hydrogens (tertiary/aromatic N) is 4. The molecule has 2 rings (SSSR count). The van der Waals surface area contributed by atoms with Crippen LogP contribution in [0.5, 0.6) is 0 Å². The summed E-state index contributed by atoms with van der Waals surface area (Å²) >= 11 is 3.36. The lowest BCUT2D eigenvalue weighted by molar-refractivity contribution is 0.591. The molecule has 0 aromatic carbocycles. The van der Waals surface area contributed by atoms with Crippen LogP contribution in [0.3, 0.4) is 0 Å². The van der Waals surface area contributed by atoms with Crippen molar-refractivity contribution in [3.63, 3.8) is 0 Å². The summed E-state index contributed by atoms with van der Waals surface area (Å²) in [6.45, 7) is 1.67. The summed E-state index contributed by atoms with van der Waals surface area (Å²) in [5.41, 5.74) is 5.51. The number of nitrogens with one attached hydrogen (secondary N) is 1. The molecule has 2 aromatic heterocycles. The highest BCUT2D eigenvalue weighted by Gasteiger charge is 2.02. The van der Waals surface area contributed by atoms with E-state index in [4.69, 9.17) is 5.73 Å². The zero-order chi connectivity index (χ0) is 12.1. The highest BCUT2D eigenvalue weighted by Crippen LogP contribution is 2.18. The Morgan fingerprint density at radius 1 is 1.47 bits per heavy atom. The number of aromatic nitrogens is 4. The van der Waals surface area contributed by atoms with E-state index in [0.717, 1.165) is 29.8 Å². The van der Waals surface area contributed by atoms with Gasteiger partial charge in [-0.25, -0.2) is 4.98 Å². The van der Waals surface area contributed by atoms with Gasteiger partial charge in [-0.3, -0.25) is 4.68 Å². The molecule has 3 N–H and O–H groups in total. The third kappa shape index (κ3) is 3.42. The van der Waals surface area contributed by atoms with E-state index in [2.05, 4.69) is 36.3 Å². The van der Waals surface area contributed by atoms with E-state index in [9.17, 15) is 0 Å². The summed E-state index contributed by atoms with van der Waals surface area (Å²) in [6, 6.07) is 1.91. The van der Waals surface area contributed by atoms with E-state index in [-0.39, 0.29) is 5.95 Å². The van der Waals surface area contributed by atoms with E-state index in [1.54, 1.807) is 12.4 Å². The van der Waals surface area contributed by atoms with Crippen molar-refractivity contribution in [2.75, 3.05) is 17.6 Å². The first-order chi connectivity index (χ1) is 8.25. The maximum absolute atomic E-state index is 5.51. The number of aryl methyl sites for hydroxylation is 1. The Morgan fingerprint density at radius 3 is 3.12 bits per heavy atom. The second kappa shape index (κ2) is 5.62. The van der Waals surface area contributed by atoms with Gasteiger partial charge in [-0.2, -0.15) is 10.1 Å². The van der Waals surface area contributed by atoms with Crippen LogP contribution in [0.25, 0.3) is 0 Å². The molecule has 90 valence electrons. The average molecular weight is 297 g/mol. The quantitative estimate of drug-likeness (QED) is 0.818. The van der Waals surface area contributed by atoms with Crippen molar-refractivity contribution in [3.8, 4) is 0 Å². The zero-order valence-corrected chi connectivity index (χ0v) is 10.8. The molecule has 0 spiro atoms. The Hall–Kier alpha value is -1.63. The molecule has 0 unspecified atom stereocenters. The van der Waals surface area contributed by atoms with Crippen molar-refractivity contribution in [1.29, 1.82) is 0 Å². The third-order valence-electron chi connectivity index (χ3n) is 2.18. The predicted molar refractivity (Wildman–Crippen MR) is 69.5 cm³/mol. The Labute approximate surface area is 107 Å². The van der Waals surface area contributed by atoms with E-state index < -0.39 is 0 Å². The molecule has 0 atom stereocenters. The van der Waals surface area contributed by atoms with Crippen LogP contribution >= 0.6 is 15.9 Å². The van der Waals surface area contributed by atoms with Gasteiger partial charge in [0.2, 0.25) is 5.95 Å². The van der Waals surface area contributed by atoms with Gasteiger partial charge < -0.3 is 11.1 Å². The first-order valence-electron chi connectivity index (χ1n) is 5.25. The molecule has 7 heteroatoms. The Morgan fingerprint density at radius 2 is 2.35 bits per heavy atom. The lowest BCUT2D eigenvalue weighted by Gasteiger charge is -2.07. The molecule has 0 bridgehead atoms. The molecular weight excluding hydrogens is 284 g/mol. The van der Waals surface area contributed by atoms with Crippen LogP contribution in [0.4, 0.5) is 11.8 Å². The highest BCUT2D eigenvalue weighted by atomic mass is 79.9. The first-order valence-corrected chi connectivity index (χ1v) is 6.04. The van der Waals surface area contributed by atoms with Crippen LogP contribution in [0.15, 0.2) is 29.1 Å². The molecule has 0 amide bonds. The van der Waals surface area contributed by atoms with Crippen LogP contribution in [0.1, 0.15) is 6.42 Å². The standard InChI is InChI=1S/C10H13BrN6/c11-8-7-14-10(12)16-9(8)13-3-1-5-17-6-2-4-15-17/h2,4,6-7H,1,3,5H2,(H3,12,13,14,16). The largest absolute Gasteiger partial charge is 0.369 e. The van der Waals surface area contributed by atoms with Crippen LogP contribution in [0, 0.1) is 0 Å². The summed E-state index contributed by atoms with van der Waals surface area (Å²) in [5, 5.41) is 7.32. The smallest absolute Gasteiger partial charge is 0.221 e. The van der Waals surface area contributed by atoms with Crippen molar-refractivity contribution in [3.05, 3.63) is 29.1 Å². The molecule has 2 heterocycles. The maximum Gasteiger partial charge on any atom is 0.221 e. The van der Waals surface area contributed by atoms with Gasteiger partial charge in [0.15, 0.2) is 0 Å². The van der Waals surface area contributed by atoms with Gasteiger partial charge in [-0.1, -0.05) is 0 Å². The topological polar surface area (TPSA) is 81.6 Å². The van der Waals surface area contributed by atoms with Gasteiger partial charge >= 0.3 is 0 Å². The van der Waals surface area contributed by atoms with Gasteiger partial charge in [0.25, 0.3) is 0 Å². The van der Waals surface area contributed by atoms with Crippen molar-refractivity contribution < 1.29 is 0 Å². The minimum absolute atomic E-state index is 0.266. The number of nitrogens with two attached hydrogens (primary N) is 1. The molecule has 0 aliphatic carbocycles. The monoisotopic (exact) mass is 296 g/mol. The van der Waals surface area contributed by atoms with Gasteiger partial charge in [0, 0.05) is 31.7 Å². The van der Waals surface area contributed by atoms with Crippen molar-refractivity contribution in [1.82, 2.24) is 19.7 Å². The van der Waals surface area contributed by atoms with Crippen molar-refractivity contribution >= 4 is 27.7 Å². The summed E-state index contributed by atoms with van der Waals surface area (Å²) in [6.07, 6.45) is 6.31. The summed E-state index contributed by atoms with van der Waals surface area (Å²) in [4.78, 5) is 7.97. The number of nitrogen functional groups attached to an aromatic ring is 1. The van der Waals surface area contributed by atoms with Gasteiger partial charge in [0.05, 0.1) is 4.47 Å². The van der Waals surface area contributed by atoms with Crippen molar-refractivity contribution in [2.45, 2.75) is 13.0 Å². The van der Waals surface area contributed by atoms with Gasteiger partial charge in [-0.15, -0.1) is 0 Å². The highest BCUT2D eigenvalue weighted by molar-refractivity contribution is 9.10. The second-order valence-corrected chi connectivity index (χ2v) is 4.33. The molecule has 0 fully saturated rings. The Balaban J connectivity index is 1.80. The Bertz CT molecular complexity index is 470. The summed E-state index contributed by atoms with van der Waals surface area (Å²) in [5.74, 6) is 0.987. The Kier molecular flexibility index (Phi) is 3.92. The van der Waals surface area contributed by atoms with Crippen LogP contribution in [-0.4, -0.2) is 26.3 Å². The van der Waals surface area contributed by atoms with E-state index in [1.807, 2.05) is 16.9 Å². The molecule has 0 saturated carbocycles. The number of hydrogen-bond donors (Lipinski definition) is 2. The molecule has 17 heavy (non-hydrogen) atoms. The number of rotatable bonds is 5. The molecule has 0 aliphatic rings. The van der Waals surface area contributed by atoms with E-state index >= 15 is 0 Å². The maximum atomic E-state index is 5.51. The number of hydrogen-bond acceptors (Lipinski definition) is 5. The number of anilines is 2. The molecule has 2 aromatic rings. The van der Waals surface area contributed by atoms with Crippen molar-refractivity contribution in [2.24, 2.45) is 0 Å². The fourth-order valence-electron chi connectivity index (χ4n) is 1.39. The van der Waals surface area contributed by atoms with E-state index in [0.29, 0.717) is 0 Å². The second-order valence-electron chi connectivity index (χ2n) is 3.47. The fraction of sp³-hybridized carbons (Fsp3) is 0.300. The van der Waals surface area contributed by atoms with Gasteiger partial charge in [0.1, 0.15) is 5.82 Å². The molecule has 6 nitrogen and oxygen atoms in total. The minimum atomic E-state index is 0.266. The lowest BCUT2D eigenvalue weighted by atomic mass is 10.4. The first kappa shape index (κ1) is 11.8. The third-order valence-corrected chi connectivity index (χ3v) is 2.76. The molecule has 0 aliphatic heterocycles. The van der Waals surface area contributed by atoms with Crippen LogP contribution in [0.2, 0.25) is 0 Å². The summed E-state index contributed by atoms with van der Waals surface area (Å²) < 4.78 is 2.70.